The number of hydrogen-bond donors (Lipinski definition) is 2. The Labute approximate surface area is 122 Å². The lowest BCUT2D eigenvalue weighted by molar-refractivity contribution is 0.469. The van der Waals surface area contributed by atoms with Crippen molar-refractivity contribution in [2.24, 2.45) is 0 Å². The minimum absolute atomic E-state index is 0.319. The summed E-state index contributed by atoms with van der Waals surface area (Å²) < 4.78 is 5.83. The molecule has 6 nitrogen and oxygen atoms in total. The van der Waals surface area contributed by atoms with E-state index in [-0.39, 0.29) is 0 Å². The predicted octanol–water partition coefficient (Wildman–Crippen LogP) is 2.83. The summed E-state index contributed by atoms with van der Waals surface area (Å²) in [5.74, 6) is 1.50. The summed E-state index contributed by atoms with van der Waals surface area (Å²) in [6.07, 6.45) is 3.14. The first-order valence-electron chi connectivity index (χ1n) is 6.65. The minimum atomic E-state index is 0.319. The van der Waals surface area contributed by atoms with Gasteiger partial charge in [0.2, 0.25) is 5.88 Å². The maximum Gasteiger partial charge on any atom is 0.248 e. The Hall–Kier alpha value is -2.89. The number of aromatic nitrogens is 3. The monoisotopic (exact) mass is 281 g/mol. The average Bonchev–Trinajstić information content (AvgIpc) is 2.52. The molecule has 0 atom stereocenters. The van der Waals surface area contributed by atoms with E-state index in [9.17, 15) is 0 Å². The Morgan fingerprint density at radius 2 is 2.00 bits per heavy atom. The first-order chi connectivity index (χ1) is 10.3. The quantitative estimate of drug-likeness (QED) is 0.764. The first-order valence-corrected chi connectivity index (χ1v) is 6.65. The molecule has 0 aliphatic carbocycles. The molecule has 2 heterocycles. The van der Waals surface area contributed by atoms with E-state index in [1.807, 2.05) is 37.3 Å². The molecule has 106 valence electrons. The zero-order valence-electron chi connectivity index (χ0n) is 11.6. The van der Waals surface area contributed by atoms with Crippen molar-refractivity contribution in [3.8, 4) is 11.6 Å². The topological polar surface area (TPSA) is 86.0 Å². The molecule has 3 rings (SSSR count). The number of ether oxygens (including phenoxy) is 1. The second-order valence-electron chi connectivity index (χ2n) is 4.40. The van der Waals surface area contributed by atoms with Crippen LogP contribution in [0, 0.1) is 0 Å². The molecule has 0 radical (unpaired) electrons. The molecular formula is C15H15N5O. The number of hydrogen-bond acceptors (Lipinski definition) is 6. The minimum Gasteiger partial charge on any atom is -0.435 e. The molecular weight excluding hydrogens is 266 g/mol. The van der Waals surface area contributed by atoms with Gasteiger partial charge in [-0.05, 0) is 19.1 Å². The SMILES string of the molecule is CCNc1ncnc(Oc2cccc3cccnc23)c1N. The van der Waals surface area contributed by atoms with E-state index < -0.39 is 0 Å². The van der Waals surface area contributed by atoms with Gasteiger partial charge in [-0.15, -0.1) is 0 Å². The van der Waals surface area contributed by atoms with Crippen LogP contribution in [0.1, 0.15) is 6.92 Å². The van der Waals surface area contributed by atoms with E-state index in [2.05, 4.69) is 20.3 Å². The van der Waals surface area contributed by atoms with Crippen LogP contribution in [-0.2, 0) is 0 Å². The van der Waals surface area contributed by atoms with Crippen molar-refractivity contribution in [2.45, 2.75) is 6.92 Å². The Balaban J connectivity index is 2.01. The molecule has 0 unspecified atom stereocenters. The number of fused-ring (bicyclic) bond motifs is 1. The molecule has 21 heavy (non-hydrogen) atoms. The van der Waals surface area contributed by atoms with Crippen molar-refractivity contribution in [3.05, 3.63) is 42.9 Å². The van der Waals surface area contributed by atoms with Gasteiger partial charge in [0.15, 0.2) is 11.6 Å². The molecule has 1 aromatic carbocycles. The molecule has 0 aliphatic rings. The van der Waals surface area contributed by atoms with E-state index in [1.165, 1.54) is 6.33 Å². The molecule has 0 spiro atoms. The van der Waals surface area contributed by atoms with Gasteiger partial charge in [0.05, 0.1) is 0 Å². The summed E-state index contributed by atoms with van der Waals surface area (Å²) in [5.41, 5.74) is 7.18. The number of rotatable bonds is 4. The molecule has 3 N–H and O–H groups in total. The van der Waals surface area contributed by atoms with E-state index in [0.29, 0.717) is 23.1 Å². The largest absolute Gasteiger partial charge is 0.435 e. The molecule has 6 heteroatoms. The maximum absolute atomic E-state index is 6.03. The maximum atomic E-state index is 6.03. The molecule has 2 aromatic heterocycles. The molecule has 3 aromatic rings. The summed E-state index contributed by atoms with van der Waals surface area (Å²) >= 11 is 0. The number of nitrogen functional groups attached to an aromatic ring is 1. The van der Waals surface area contributed by atoms with Gasteiger partial charge in [0, 0.05) is 18.1 Å². The number of para-hydroxylation sites is 1. The Kier molecular flexibility index (Phi) is 3.51. The number of anilines is 2. The molecule has 0 aliphatic heterocycles. The van der Waals surface area contributed by atoms with Gasteiger partial charge >= 0.3 is 0 Å². The third kappa shape index (κ3) is 2.55. The highest BCUT2D eigenvalue weighted by atomic mass is 16.5. The molecule has 0 bridgehead atoms. The van der Waals surface area contributed by atoms with Crippen LogP contribution < -0.4 is 15.8 Å². The van der Waals surface area contributed by atoms with Crippen molar-refractivity contribution in [1.82, 2.24) is 15.0 Å². The lowest BCUT2D eigenvalue weighted by Crippen LogP contribution is -2.06. The van der Waals surface area contributed by atoms with E-state index in [1.54, 1.807) is 6.20 Å². The van der Waals surface area contributed by atoms with E-state index in [4.69, 9.17) is 10.5 Å². The van der Waals surface area contributed by atoms with Gasteiger partial charge in [-0.25, -0.2) is 4.98 Å². The fourth-order valence-corrected chi connectivity index (χ4v) is 2.03. The van der Waals surface area contributed by atoms with E-state index >= 15 is 0 Å². The lowest BCUT2D eigenvalue weighted by Gasteiger charge is -2.11. The normalized spacial score (nSPS) is 10.5. The van der Waals surface area contributed by atoms with Crippen LogP contribution in [0.3, 0.4) is 0 Å². The zero-order valence-corrected chi connectivity index (χ0v) is 11.6. The van der Waals surface area contributed by atoms with Gasteiger partial charge in [-0.3, -0.25) is 4.98 Å². The number of nitrogens with two attached hydrogens (primary N) is 1. The first kappa shape index (κ1) is 13.1. The summed E-state index contributed by atoms with van der Waals surface area (Å²) in [5, 5.41) is 4.06. The smallest absolute Gasteiger partial charge is 0.248 e. The summed E-state index contributed by atoms with van der Waals surface area (Å²) in [7, 11) is 0. The fraction of sp³-hybridized carbons (Fsp3) is 0.133. The number of nitrogens with zero attached hydrogens (tertiary/aromatic N) is 3. The second-order valence-corrected chi connectivity index (χ2v) is 4.40. The molecule has 0 saturated carbocycles. The van der Waals surface area contributed by atoms with Crippen LogP contribution in [0.25, 0.3) is 10.9 Å². The second kappa shape index (κ2) is 5.62. The molecule has 0 amide bonds. The van der Waals surface area contributed by atoms with Crippen molar-refractivity contribution in [2.75, 3.05) is 17.6 Å². The highest BCUT2D eigenvalue weighted by molar-refractivity contribution is 5.84. The fourth-order valence-electron chi connectivity index (χ4n) is 2.03. The van der Waals surface area contributed by atoms with Crippen LogP contribution >= 0.6 is 0 Å². The van der Waals surface area contributed by atoms with Gasteiger partial charge in [0.1, 0.15) is 17.5 Å². The summed E-state index contributed by atoms with van der Waals surface area (Å²) in [6.45, 7) is 2.69. The van der Waals surface area contributed by atoms with Crippen molar-refractivity contribution >= 4 is 22.4 Å². The van der Waals surface area contributed by atoms with Crippen LogP contribution in [0.4, 0.5) is 11.5 Å². The van der Waals surface area contributed by atoms with Gasteiger partial charge < -0.3 is 15.8 Å². The van der Waals surface area contributed by atoms with Crippen LogP contribution in [-0.4, -0.2) is 21.5 Å². The predicted molar refractivity (Wildman–Crippen MR) is 82.4 cm³/mol. The van der Waals surface area contributed by atoms with Crippen LogP contribution in [0.5, 0.6) is 11.6 Å². The Morgan fingerprint density at radius 3 is 2.86 bits per heavy atom. The van der Waals surface area contributed by atoms with Crippen LogP contribution in [0.15, 0.2) is 42.9 Å². The summed E-state index contributed by atoms with van der Waals surface area (Å²) in [4.78, 5) is 12.5. The van der Waals surface area contributed by atoms with Crippen molar-refractivity contribution in [3.63, 3.8) is 0 Å². The van der Waals surface area contributed by atoms with Gasteiger partial charge in [-0.1, -0.05) is 18.2 Å². The number of nitrogens with one attached hydrogen (secondary N) is 1. The van der Waals surface area contributed by atoms with Crippen molar-refractivity contribution in [1.29, 1.82) is 0 Å². The van der Waals surface area contributed by atoms with Crippen LogP contribution in [0.2, 0.25) is 0 Å². The van der Waals surface area contributed by atoms with Crippen molar-refractivity contribution < 1.29 is 4.74 Å². The number of pyridine rings is 1. The van der Waals surface area contributed by atoms with Gasteiger partial charge in [-0.2, -0.15) is 4.98 Å². The zero-order chi connectivity index (χ0) is 14.7. The van der Waals surface area contributed by atoms with E-state index in [0.717, 1.165) is 17.4 Å². The standard InChI is InChI=1S/C15H15N5O/c1-2-17-14-12(16)15(20-9-19-14)21-11-7-3-5-10-6-4-8-18-13(10)11/h3-9H,2,16H2,1H3,(H,17,19,20). The highest BCUT2D eigenvalue weighted by Crippen LogP contribution is 2.32. The third-order valence-corrected chi connectivity index (χ3v) is 2.99. The van der Waals surface area contributed by atoms with Gasteiger partial charge in [0.25, 0.3) is 0 Å². The molecule has 0 saturated heterocycles. The molecule has 0 fully saturated rings. The lowest BCUT2D eigenvalue weighted by atomic mass is 10.2. The Bertz CT molecular complexity index is 770. The average molecular weight is 281 g/mol. The Morgan fingerprint density at radius 1 is 1.14 bits per heavy atom. The number of benzene rings is 1. The summed E-state index contributed by atoms with van der Waals surface area (Å²) in [6, 6.07) is 9.57. The highest BCUT2D eigenvalue weighted by Gasteiger charge is 2.11. The third-order valence-electron chi connectivity index (χ3n) is 2.99.